The zero-order valence-corrected chi connectivity index (χ0v) is 12.4. The minimum Gasteiger partial charge on any atom is -0.478 e. The third-order valence-corrected chi connectivity index (χ3v) is 3.73. The molecule has 0 radical (unpaired) electrons. The highest BCUT2D eigenvalue weighted by Crippen LogP contribution is 2.32. The number of hydrogen-bond donors (Lipinski definition) is 2. The minimum absolute atomic E-state index is 0.0131. The van der Waals surface area contributed by atoms with E-state index in [1.807, 2.05) is 0 Å². The molecule has 0 saturated heterocycles. The van der Waals surface area contributed by atoms with E-state index in [0.717, 1.165) is 0 Å². The Bertz CT molecular complexity index is 935. The lowest BCUT2D eigenvalue weighted by atomic mass is 10.1. The Morgan fingerprint density at radius 3 is 2.65 bits per heavy atom. The van der Waals surface area contributed by atoms with E-state index in [1.165, 1.54) is 28.9 Å². The molecule has 23 heavy (non-hydrogen) atoms. The Hall–Kier alpha value is -2.96. The molecule has 1 heterocycles. The number of carboxylic acids is 1. The molecule has 1 aromatic heterocycles. The number of fused-ring (bicyclic) bond motifs is 1. The van der Waals surface area contributed by atoms with Crippen molar-refractivity contribution < 1.29 is 18.7 Å². The van der Waals surface area contributed by atoms with E-state index in [0.29, 0.717) is 11.1 Å². The van der Waals surface area contributed by atoms with Gasteiger partial charge in [-0.1, -0.05) is 12.1 Å². The van der Waals surface area contributed by atoms with E-state index in [-0.39, 0.29) is 22.5 Å². The highest BCUT2D eigenvalue weighted by Gasteiger charge is 2.22. The second-order valence-corrected chi connectivity index (χ2v) is 5.13. The van der Waals surface area contributed by atoms with Crippen LogP contribution in [-0.2, 0) is 7.05 Å². The molecule has 3 aromatic rings. The lowest BCUT2D eigenvalue weighted by molar-refractivity contribution is 0.0697. The van der Waals surface area contributed by atoms with Gasteiger partial charge in [-0.05, 0) is 25.1 Å². The second-order valence-electron chi connectivity index (χ2n) is 5.13. The van der Waals surface area contributed by atoms with Crippen LogP contribution in [0.1, 0.15) is 16.1 Å². The monoisotopic (exact) mass is 317 g/mol. The normalized spacial score (nSPS) is 11.0. The highest BCUT2D eigenvalue weighted by molar-refractivity contribution is 6.01. The van der Waals surface area contributed by atoms with Gasteiger partial charge in [0.05, 0.1) is 16.9 Å². The number of aromatic nitrogens is 2. The molecule has 0 fully saturated rings. The highest BCUT2D eigenvalue weighted by atomic mass is 19.1. The topological polar surface area (TPSA) is 67.2 Å². The van der Waals surface area contributed by atoms with Gasteiger partial charge in [-0.3, -0.25) is 4.68 Å². The Balaban J connectivity index is 2.26. The van der Waals surface area contributed by atoms with Crippen molar-refractivity contribution in [1.82, 2.24) is 9.78 Å². The number of aromatic carboxylic acids is 1. The summed E-state index contributed by atoms with van der Waals surface area (Å²) in [5.41, 5.74) is 0.0659. The molecule has 2 N–H and O–H groups in total. The summed E-state index contributed by atoms with van der Waals surface area (Å²) in [5.74, 6) is -2.75. The van der Waals surface area contributed by atoms with Gasteiger partial charge in [0.25, 0.3) is 0 Å². The quantitative estimate of drug-likeness (QED) is 0.774. The second kappa shape index (κ2) is 5.35. The van der Waals surface area contributed by atoms with Crippen molar-refractivity contribution in [3.63, 3.8) is 0 Å². The third-order valence-electron chi connectivity index (χ3n) is 3.73. The molecule has 7 heteroatoms. The zero-order chi connectivity index (χ0) is 16.7. The summed E-state index contributed by atoms with van der Waals surface area (Å²) in [6.07, 6.45) is 0. The Kier molecular flexibility index (Phi) is 3.48. The first-order valence-electron chi connectivity index (χ1n) is 6.80. The van der Waals surface area contributed by atoms with Crippen LogP contribution >= 0.6 is 0 Å². The fourth-order valence-corrected chi connectivity index (χ4v) is 2.40. The minimum atomic E-state index is -1.31. The summed E-state index contributed by atoms with van der Waals surface area (Å²) in [7, 11) is 1.64. The van der Waals surface area contributed by atoms with Gasteiger partial charge in [0.2, 0.25) is 0 Å². The molecule has 0 unspecified atom stereocenters. The zero-order valence-electron chi connectivity index (χ0n) is 12.4. The predicted molar refractivity (Wildman–Crippen MR) is 82.1 cm³/mol. The van der Waals surface area contributed by atoms with Crippen molar-refractivity contribution in [1.29, 1.82) is 0 Å². The number of halogens is 2. The number of para-hydroxylation sites is 1. The standard InChI is InChI=1S/C16H13F2N3O2/c1-8-9-7-10(16(22)23)14(13(18)15(9)20-21(8)2)19-12-6-4-3-5-11(12)17/h3-7,19H,1-2H3,(H,22,23). The van der Waals surface area contributed by atoms with E-state index >= 15 is 0 Å². The molecule has 2 aromatic carbocycles. The van der Waals surface area contributed by atoms with Crippen LogP contribution in [0, 0.1) is 18.6 Å². The molecule has 0 bridgehead atoms. The van der Waals surface area contributed by atoms with Gasteiger partial charge in [0.15, 0.2) is 5.82 Å². The van der Waals surface area contributed by atoms with Crippen LogP contribution in [0.25, 0.3) is 10.9 Å². The maximum absolute atomic E-state index is 14.8. The van der Waals surface area contributed by atoms with E-state index in [9.17, 15) is 18.7 Å². The van der Waals surface area contributed by atoms with Crippen molar-refractivity contribution >= 4 is 28.2 Å². The van der Waals surface area contributed by atoms with Crippen LogP contribution in [0.4, 0.5) is 20.2 Å². The first-order valence-corrected chi connectivity index (χ1v) is 6.80. The van der Waals surface area contributed by atoms with Crippen LogP contribution < -0.4 is 5.32 Å². The molecule has 0 atom stereocenters. The predicted octanol–water partition coefficient (Wildman–Crippen LogP) is 3.60. The summed E-state index contributed by atoms with van der Waals surface area (Å²) in [6.45, 7) is 1.71. The molecule has 5 nitrogen and oxygen atoms in total. The fraction of sp³-hybridized carbons (Fsp3) is 0.125. The van der Waals surface area contributed by atoms with Crippen molar-refractivity contribution in [3.8, 4) is 0 Å². The summed E-state index contributed by atoms with van der Waals surface area (Å²) in [4.78, 5) is 11.5. The maximum Gasteiger partial charge on any atom is 0.337 e. The first kappa shape index (κ1) is 15.0. The number of nitrogens with one attached hydrogen (secondary N) is 1. The number of hydrogen-bond acceptors (Lipinski definition) is 3. The van der Waals surface area contributed by atoms with Crippen LogP contribution in [0.3, 0.4) is 0 Å². The van der Waals surface area contributed by atoms with Gasteiger partial charge in [-0.15, -0.1) is 0 Å². The van der Waals surface area contributed by atoms with Crippen molar-refractivity contribution in [3.05, 3.63) is 53.2 Å². The lowest BCUT2D eigenvalue weighted by Gasteiger charge is -2.12. The number of carbonyl (C=O) groups is 1. The van der Waals surface area contributed by atoms with E-state index in [1.54, 1.807) is 20.0 Å². The van der Waals surface area contributed by atoms with E-state index < -0.39 is 17.6 Å². The summed E-state index contributed by atoms with van der Waals surface area (Å²) in [5, 5.41) is 16.4. The molecular weight excluding hydrogens is 304 g/mol. The Labute approximate surface area is 130 Å². The van der Waals surface area contributed by atoms with Crippen molar-refractivity contribution in [2.45, 2.75) is 6.92 Å². The molecule has 0 saturated carbocycles. The number of nitrogens with zero attached hydrogens (tertiary/aromatic N) is 2. The largest absolute Gasteiger partial charge is 0.478 e. The Morgan fingerprint density at radius 2 is 2.00 bits per heavy atom. The average Bonchev–Trinajstić information content (AvgIpc) is 2.79. The third kappa shape index (κ3) is 2.40. The SMILES string of the molecule is Cc1c2cc(C(=O)O)c(Nc3ccccc3F)c(F)c2nn1C. The van der Waals surface area contributed by atoms with Gasteiger partial charge >= 0.3 is 5.97 Å². The molecule has 0 amide bonds. The molecule has 3 rings (SSSR count). The number of carboxylic acid groups (broad SMARTS) is 1. The number of aryl methyl sites for hydroxylation is 2. The molecular formula is C16H13F2N3O2. The number of anilines is 2. The van der Waals surface area contributed by atoms with Gasteiger partial charge in [0, 0.05) is 18.1 Å². The molecule has 0 aliphatic rings. The van der Waals surface area contributed by atoms with E-state index in [2.05, 4.69) is 10.4 Å². The lowest BCUT2D eigenvalue weighted by Crippen LogP contribution is -2.06. The van der Waals surface area contributed by atoms with Gasteiger partial charge in [-0.2, -0.15) is 5.10 Å². The molecule has 0 aliphatic carbocycles. The molecule has 118 valence electrons. The molecule has 0 spiro atoms. The average molecular weight is 317 g/mol. The maximum atomic E-state index is 14.8. The van der Waals surface area contributed by atoms with Crippen LogP contribution in [-0.4, -0.2) is 20.9 Å². The van der Waals surface area contributed by atoms with Crippen LogP contribution in [0.5, 0.6) is 0 Å². The fourth-order valence-electron chi connectivity index (χ4n) is 2.40. The summed E-state index contributed by atoms with van der Waals surface area (Å²) in [6, 6.07) is 6.98. The van der Waals surface area contributed by atoms with Crippen LogP contribution in [0.2, 0.25) is 0 Å². The van der Waals surface area contributed by atoms with E-state index in [4.69, 9.17) is 0 Å². The van der Waals surface area contributed by atoms with Crippen molar-refractivity contribution in [2.24, 2.45) is 7.05 Å². The first-order chi connectivity index (χ1) is 10.9. The van der Waals surface area contributed by atoms with Gasteiger partial charge in [0.1, 0.15) is 11.3 Å². The smallest absolute Gasteiger partial charge is 0.337 e. The van der Waals surface area contributed by atoms with Crippen molar-refractivity contribution in [2.75, 3.05) is 5.32 Å². The summed E-state index contributed by atoms with van der Waals surface area (Å²) < 4.78 is 30.0. The summed E-state index contributed by atoms with van der Waals surface area (Å²) >= 11 is 0. The van der Waals surface area contributed by atoms with Gasteiger partial charge < -0.3 is 10.4 Å². The Morgan fingerprint density at radius 1 is 1.30 bits per heavy atom. The van der Waals surface area contributed by atoms with Crippen LogP contribution in [0.15, 0.2) is 30.3 Å². The number of rotatable bonds is 3. The molecule has 0 aliphatic heterocycles. The number of benzene rings is 2. The van der Waals surface area contributed by atoms with Gasteiger partial charge in [-0.25, -0.2) is 13.6 Å².